The van der Waals surface area contributed by atoms with Crippen LogP contribution in [0, 0.1) is 11.6 Å². The highest BCUT2D eigenvalue weighted by Gasteiger charge is 2.45. The van der Waals surface area contributed by atoms with Crippen LogP contribution in [0.25, 0.3) is 0 Å². The molecule has 0 radical (unpaired) electrons. The van der Waals surface area contributed by atoms with Gasteiger partial charge in [0.25, 0.3) is 5.91 Å². The van der Waals surface area contributed by atoms with E-state index in [1.807, 2.05) is 0 Å². The first kappa shape index (κ1) is 15.4. The highest BCUT2D eigenvalue weighted by atomic mass is 19.1. The second-order valence-corrected chi connectivity index (χ2v) is 5.77. The molecule has 2 heterocycles. The van der Waals surface area contributed by atoms with Crippen LogP contribution in [0.1, 0.15) is 23.7 Å². The first-order chi connectivity index (χ1) is 10.9. The molecule has 0 spiro atoms. The molecule has 0 bridgehead atoms. The smallest absolute Gasteiger partial charge is 0.254 e. The van der Waals surface area contributed by atoms with E-state index >= 15 is 0 Å². The first-order valence-corrected chi connectivity index (χ1v) is 7.23. The zero-order valence-corrected chi connectivity index (χ0v) is 12.3. The van der Waals surface area contributed by atoms with Crippen LogP contribution in [0.4, 0.5) is 8.78 Å². The summed E-state index contributed by atoms with van der Waals surface area (Å²) >= 11 is 0. The van der Waals surface area contributed by atoms with E-state index in [0.717, 1.165) is 18.2 Å². The summed E-state index contributed by atoms with van der Waals surface area (Å²) in [5.41, 5.74) is -0.404. The third-order valence-electron chi connectivity index (χ3n) is 4.12. The van der Waals surface area contributed by atoms with Gasteiger partial charge in [-0.1, -0.05) is 0 Å². The Kier molecular flexibility index (Phi) is 3.75. The Morgan fingerprint density at radius 1 is 1.35 bits per heavy atom. The normalized spacial score (nSPS) is 26.7. The van der Waals surface area contributed by atoms with Crippen molar-refractivity contribution in [2.75, 3.05) is 6.54 Å². The van der Waals surface area contributed by atoms with Crippen LogP contribution >= 0.6 is 0 Å². The number of hydrogen-bond acceptors (Lipinski definition) is 3. The van der Waals surface area contributed by atoms with Crippen molar-refractivity contribution in [1.29, 1.82) is 0 Å². The molecule has 2 N–H and O–H groups in total. The van der Waals surface area contributed by atoms with Crippen molar-refractivity contribution in [2.45, 2.75) is 31.5 Å². The standard InChI is InChI=1S/C15H15F2N3O3/c1-7-15(23)20-6-9(5-12(20)14(22)18-7)19-13(21)10-4-8(16)2-3-11(10)17/h2-4,7,9,12H,5-6H2,1H3,(H,18,22)(H,19,21)/t7-,9-,12-/m0/s1. The molecule has 0 saturated carbocycles. The summed E-state index contributed by atoms with van der Waals surface area (Å²) in [7, 11) is 0. The summed E-state index contributed by atoms with van der Waals surface area (Å²) in [5.74, 6) is -2.81. The molecule has 0 unspecified atom stereocenters. The average Bonchev–Trinajstić information content (AvgIpc) is 2.92. The number of carbonyl (C=O) groups excluding carboxylic acids is 3. The Balaban J connectivity index is 1.72. The van der Waals surface area contributed by atoms with Crippen molar-refractivity contribution >= 4 is 17.7 Å². The molecule has 1 aromatic rings. The summed E-state index contributed by atoms with van der Waals surface area (Å²) in [6, 6.07) is 0.880. The Morgan fingerprint density at radius 2 is 2.09 bits per heavy atom. The molecular formula is C15H15F2N3O3. The third-order valence-corrected chi connectivity index (χ3v) is 4.12. The van der Waals surface area contributed by atoms with E-state index in [0.29, 0.717) is 0 Å². The van der Waals surface area contributed by atoms with Gasteiger partial charge in [0.2, 0.25) is 11.8 Å². The average molecular weight is 323 g/mol. The minimum Gasteiger partial charge on any atom is -0.347 e. The van der Waals surface area contributed by atoms with Gasteiger partial charge >= 0.3 is 0 Å². The van der Waals surface area contributed by atoms with Crippen molar-refractivity contribution in [3.63, 3.8) is 0 Å². The Hall–Kier alpha value is -2.51. The second kappa shape index (κ2) is 5.60. The molecule has 8 heteroatoms. The van der Waals surface area contributed by atoms with Gasteiger partial charge in [-0.05, 0) is 31.5 Å². The molecular weight excluding hydrogens is 308 g/mol. The number of hydrogen-bond donors (Lipinski definition) is 2. The number of piperazine rings is 1. The topological polar surface area (TPSA) is 78.5 Å². The van der Waals surface area contributed by atoms with Gasteiger partial charge in [0.15, 0.2) is 0 Å². The Bertz CT molecular complexity index is 695. The summed E-state index contributed by atoms with van der Waals surface area (Å²) in [4.78, 5) is 37.4. The highest BCUT2D eigenvalue weighted by Crippen LogP contribution is 2.23. The number of halogens is 2. The molecule has 2 saturated heterocycles. The van der Waals surface area contributed by atoms with Crippen molar-refractivity contribution in [3.05, 3.63) is 35.4 Å². The fourth-order valence-electron chi connectivity index (χ4n) is 2.99. The van der Waals surface area contributed by atoms with Crippen LogP contribution in [-0.4, -0.2) is 47.3 Å². The predicted molar refractivity (Wildman–Crippen MR) is 75.3 cm³/mol. The van der Waals surface area contributed by atoms with E-state index in [4.69, 9.17) is 0 Å². The number of carbonyl (C=O) groups is 3. The molecule has 1 aromatic carbocycles. The minimum absolute atomic E-state index is 0.171. The van der Waals surface area contributed by atoms with E-state index in [1.165, 1.54) is 4.90 Å². The lowest BCUT2D eigenvalue weighted by Gasteiger charge is -2.32. The van der Waals surface area contributed by atoms with Crippen molar-refractivity contribution in [3.8, 4) is 0 Å². The summed E-state index contributed by atoms with van der Waals surface area (Å²) in [5, 5.41) is 5.13. The molecule has 3 rings (SSSR count). The molecule has 2 fully saturated rings. The summed E-state index contributed by atoms with van der Waals surface area (Å²) in [6.07, 6.45) is 0.243. The fraction of sp³-hybridized carbons (Fsp3) is 0.400. The number of benzene rings is 1. The maximum absolute atomic E-state index is 13.6. The van der Waals surface area contributed by atoms with Gasteiger partial charge in [-0.3, -0.25) is 14.4 Å². The SMILES string of the molecule is C[C@@H]1NC(=O)[C@@H]2C[C@H](NC(=O)c3cc(F)ccc3F)CN2C1=O. The van der Waals surface area contributed by atoms with Crippen molar-refractivity contribution in [1.82, 2.24) is 15.5 Å². The van der Waals surface area contributed by atoms with Gasteiger partial charge in [-0.15, -0.1) is 0 Å². The number of nitrogens with zero attached hydrogens (tertiary/aromatic N) is 1. The van der Waals surface area contributed by atoms with Crippen LogP contribution < -0.4 is 10.6 Å². The number of fused-ring (bicyclic) bond motifs is 1. The molecule has 23 heavy (non-hydrogen) atoms. The Morgan fingerprint density at radius 3 is 2.83 bits per heavy atom. The van der Waals surface area contributed by atoms with Crippen molar-refractivity contribution < 1.29 is 23.2 Å². The van der Waals surface area contributed by atoms with Gasteiger partial charge in [-0.25, -0.2) is 8.78 Å². The molecule has 3 amide bonds. The highest BCUT2D eigenvalue weighted by molar-refractivity contribution is 5.98. The number of nitrogens with one attached hydrogen (secondary N) is 2. The molecule has 6 nitrogen and oxygen atoms in total. The zero-order valence-electron chi connectivity index (χ0n) is 12.3. The van der Waals surface area contributed by atoms with Gasteiger partial charge < -0.3 is 15.5 Å². The van der Waals surface area contributed by atoms with Gasteiger partial charge in [0, 0.05) is 12.6 Å². The third kappa shape index (κ3) is 2.76. The lowest BCUT2D eigenvalue weighted by molar-refractivity contribution is -0.146. The zero-order chi connectivity index (χ0) is 16.7. The van der Waals surface area contributed by atoms with Gasteiger partial charge in [0.1, 0.15) is 23.7 Å². The fourth-order valence-corrected chi connectivity index (χ4v) is 2.99. The quantitative estimate of drug-likeness (QED) is 0.815. The lowest BCUT2D eigenvalue weighted by atomic mass is 10.1. The monoisotopic (exact) mass is 323 g/mol. The molecule has 0 aromatic heterocycles. The van der Waals surface area contributed by atoms with E-state index < -0.39 is 41.2 Å². The molecule has 2 aliphatic heterocycles. The predicted octanol–water partition coefficient (Wildman–Crippen LogP) is 0.182. The molecule has 3 atom stereocenters. The van der Waals surface area contributed by atoms with Crippen LogP contribution in [0.3, 0.4) is 0 Å². The van der Waals surface area contributed by atoms with E-state index in [2.05, 4.69) is 10.6 Å². The van der Waals surface area contributed by atoms with Crippen LogP contribution in [0.5, 0.6) is 0 Å². The van der Waals surface area contributed by atoms with Crippen LogP contribution in [-0.2, 0) is 9.59 Å². The summed E-state index contributed by atoms with van der Waals surface area (Å²) < 4.78 is 26.8. The molecule has 2 aliphatic rings. The number of rotatable bonds is 2. The Labute approximate surface area is 130 Å². The number of amides is 3. The van der Waals surface area contributed by atoms with E-state index in [-0.39, 0.29) is 24.8 Å². The van der Waals surface area contributed by atoms with E-state index in [9.17, 15) is 23.2 Å². The minimum atomic E-state index is -0.831. The largest absolute Gasteiger partial charge is 0.347 e. The first-order valence-electron chi connectivity index (χ1n) is 7.23. The van der Waals surface area contributed by atoms with E-state index in [1.54, 1.807) is 6.92 Å². The maximum Gasteiger partial charge on any atom is 0.254 e. The van der Waals surface area contributed by atoms with Crippen LogP contribution in [0.2, 0.25) is 0 Å². The lowest BCUT2D eigenvalue weighted by Crippen LogP contribution is -2.60. The van der Waals surface area contributed by atoms with Gasteiger partial charge in [-0.2, -0.15) is 0 Å². The second-order valence-electron chi connectivity index (χ2n) is 5.77. The maximum atomic E-state index is 13.6. The molecule has 0 aliphatic carbocycles. The van der Waals surface area contributed by atoms with Gasteiger partial charge in [0.05, 0.1) is 5.56 Å². The van der Waals surface area contributed by atoms with Crippen LogP contribution in [0.15, 0.2) is 18.2 Å². The summed E-state index contributed by atoms with van der Waals surface area (Å²) in [6.45, 7) is 1.76. The van der Waals surface area contributed by atoms with Crippen molar-refractivity contribution in [2.24, 2.45) is 0 Å². The molecule has 122 valence electrons.